The summed E-state index contributed by atoms with van der Waals surface area (Å²) < 4.78 is 55.0. The van der Waals surface area contributed by atoms with E-state index in [1.54, 1.807) is 48.5 Å². The summed E-state index contributed by atoms with van der Waals surface area (Å²) in [4.78, 5) is 0.520. The molecule has 0 spiro atoms. The number of rotatable bonds is 7. The molecule has 46 heavy (non-hydrogen) atoms. The molecule has 0 fully saturated rings. The Morgan fingerprint density at radius 2 is 0.717 bits per heavy atom. The van der Waals surface area contributed by atoms with E-state index in [4.69, 9.17) is 0 Å². The molecular formula is C38H42N2O4S2. The number of benzene rings is 5. The second-order valence-electron chi connectivity index (χ2n) is 13.1. The van der Waals surface area contributed by atoms with E-state index in [2.05, 4.69) is 51.0 Å². The second kappa shape index (κ2) is 13.9. The van der Waals surface area contributed by atoms with Crippen molar-refractivity contribution in [1.82, 2.24) is 0 Å². The van der Waals surface area contributed by atoms with Gasteiger partial charge in [-0.2, -0.15) is 0 Å². The van der Waals surface area contributed by atoms with E-state index >= 15 is 0 Å². The fourth-order valence-corrected chi connectivity index (χ4v) is 6.68. The maximum absolute atomic E-state index is 12.5. The molecule has 0 aromatic heterocycles. The fourth-order valence-electron chi connectivity index (χ4n) is 4.56. The minimum atomic E-state index is -3.57. The predicted octanol–water partition coefficient (Wildman–Crippen LogP) is 9.24. The summed E-state index contributed by atoms with van der Waals surface area (Å²) in [6, 6.07) is 40.2. The van der Waals surface area contributed by atoms with Gasteiger partial charge in [0, 0.05) is 11.4 Å². The average Bonchev–Trinajstić information content (AvgIpc) is 3.01. The molecule has 240 valence electrons. The molecule has 0 radical (unpaired) electrons. The Labute approximate surface area is 274 Å². The monoisotopic (exact) mass is 654 g/mol. The van der Waals surface area contributed by atoms with Crippen molar-refractivity contribution in [3.8, 4) is 11.1 Å². The SMILES string of the molecule is CC(C)(C)c1ccc(NS(=O)(=O)c2ccc(C(C)(C)C)cc2)cc1.O=S(=O)(Nc1ccccc1)c1ccc(-c2ccccc2)cc1. The molecular weight excluding hydrogens is 613 g/mol. The summed E-state index contributed by atoms with van der Waals surface area (Å²) in [6.45, 7) is 12.7. The number of sulfonamides is 2. The summed E-state index contributed by atoms with van der Waals surface area (Å²) in [5, 5.41) is 0. The molecule has 0 aliphatic carbocycles. The average molecular weight is 655 g/mol. The van der Waals surface area contributed by atoms with Crippen LogP contribution < -0.4 is 9.44 Å². The van der Waals surface area contributed by atoms with E-state index in [1.807, 2.05) is 84.9 Å². The van der Waals surface area contributed by atoms with Gasteiger partial charge in [0.1, 0.15) is 0 Å². The van der Waals surface area contributed by atoms with E-state index in [0.717, 1.165) is 16.7 Å². The number of nitrogens with one attached hydrogen (secondary N) is 2. The van der Waals surface area contributed by atoms with Crippen molar-refractivity contribution in [3.63, 3.8) is 0 Å². The lowest BCUT2D eigenvalue weighted by atomic mass is 9.87. The van der Waals surface area contributed by atoms with Crippen LogP contribution in [0.1, 0.15) is 52.7 Å². The van der Waals surface area contributed by atoms with Gasteiger partial charge in [-0.1, -0.05) is 126 Å². The summed E-state index contributed by atoms with van der Waals surface area (Å²) in [5.41, 5.74) is 5.48. The van der Waals surface area contributed by atoms with Gasteiger partial charge in [-0.15, -0.1) is 0 Å². The van der Waals surface area contributed by atoms with Crippen LogP contribution in [0.2, 0.25) is 0 Å². The van der Waals surface area contributed by atoms with E-state index < -0.39 is 20.0 Å². The van der Waals surface area contributed by atoms with Crippen LogP contribution in [0.15, 0.2) is 143 Å². The van der Waals surface area contributed by atoms with Crippen LogP contribution in [0.3, 0.4) is 0 Å². The zero-order chi connectivity index (χ0) is 33.6. The van der Waals surface area contributed by atoms with Crippen LogP contribution in [0.4, 0.5) is 11.4 Å². The Morgan fingerprint density at radius 1 is 0.391 bits per heavy atom. The normalized spacial score (nSPS) is 12.0. The maximum Gasteiger partial charge on any atom is 0.261 e. The molecule has 0 aliphatic heterocycles. The van der Waals surface area contributed by atoms with Crippen LogP contribution in [0, 0.1) is 0 Å². The van der Waals surface area contributed by atoms with Crippen LogP contribution in [-0.2, 0) is 30.9 Å². The minimum absolute atomic E-state index is 0.00148. The maximum atomic E-state index is 12.5. The third-order valence-corrected chi connectivity index (χ3v) is 10.1. The molecule has 2 N–H and O–H groups in total. The van der Waals surface area contributed by atoms with Crippen LogP contribution in [0.5, 0.6) is 0 Å². The first-order valence-corrected chi connectivity index (χ1v) is 18.0. The van der Waals surface area contributed by atoms with Crippen molar-refractivity contribution >= 4 is 31.4 Å². The molecule has 6 nitrogen and oxygen atoms in total. The van der Waals surface area contributed by atoms with Gasteiger partial charge in [0.2, 0.25) is 0 Å². The molecule has 0 atom stereocenters. The Balaban J connectivity index is 0.000000209. The van der Waals surface area contributed by atoms with E-state index in [9.17, 15) is 16.8 Å². The van der Waals surface area contributed by atoms with Crippen LogP contribution in [-0.4, -0.2) is 16.8 Å². The Hall–Kier alpha value is -4.40. The van der Waals surface area contributed by atoms with Gasteiger partial charge in [0.05, 0.1) is 9.79 Å². The predicted molar refractivity (Wildman–Crippen MR) is 190 cm³/mol. The fraction of sp³-hybridized carbons (Fsp3) is 0.211. The van der Waals surface area contributed by atoms with Gasteiger partial charge in [-0.3, -0.25) is 9.44 Å². The summed E-state index contributed by atoms with van der Waals surface area (Å²) in [7, 11) is -7.14. The number of hydrogen-bond acceptors (Lipinski definition) is 4. The Morgan fingerprint density at radius 3 is 1.13 bits per heavy atom. The second-order valence-corrected chi connectivity index (χ2v) is 16.4. The molecule has 5 rings (SSSR count). The highest BCUT2D eigenvalue weighted by atomic mass is 32.2. The smallest absolute Gasteiger partial charge is 0.261 e. The summed E-state index contributed by atoms with van der Waals surface area (Å²) in [6.07, 6.45) is 0. The standard InChI is InChI=1S/C20H27NO2S.C18H15NO2S/c1-19(2,3)15-7-11-17(12-8-15)21-24(22,23)18-13-9-16(10-14-18)20(4,5)6;20-22(21,19-17-9-5-2-6-10-17)18-13-11-16(12-14-18)15-7-3-1-4-8-15/h7-14,21H,1-6H3;1-14,19H. The molecule has 0 bridgehead atoms. The Bertz CT molecular complexity index is 1930. The molecule has 0 saturated carbocycles. The Kier molecular flexibility index (Phi) is 10.4. The summed E-state index contributed by atoms with van der Waals surface area (Å²) >= 11 is 0. The first-order valence-electron chi connectivity index (χ1n) is 15.0. The number of para-hydroxylation sites is 1. The zero-order valence-electron chi connectivity index (χ0n) is 27.2. The van der Waals surface area contributed by atoms with Crippen molar-refractivity contribution in [2.45, 2.75) is 62.2 Å². The number of hydrogen-bond donors (Lipinski definition) is 2. The first-order chi connectivity index (χ1) is 21.5. The topological polar surface area (TPSA) is 92.3 Å². The third kappa shape index (κ3) is 9.31. The van der Waals surface area contributed by atoms with Crippen molar-refractivity contribution in [2.24, 2.45) is 0 Å². The third-order valence-electron chi connectivity index (χ3n) is 7.33. The van der Waals surface area contributed by atoms with Crippen molar-refractivity contribution < 1.29 is 16.8 Å². The zero-order valence-corrected chi connectivity index (χ0v) is 28.8. The lowest BCUT2D eigenvalue weighted by Crippen LogP contribution is -2.15. The summed E-state index contributed by atoms with van der Waals surface area (Å²) in [5.74, 6) is 0. The lowest BCUT2D eigenvalue weighted by Gasteiger charge is -2.20. The van der Waals surface area contributed by atoms with E-state index in [1.165, 1.54) is 5.56 Å². The molecule has 8 heteroatoms. The molecule has 0 unspecified atom stereocenters. The molecule has 5 aromatic rings. The quantitative estimate of drug-likeness (QED) is 0.183. The molecule has 0 aliphatic rings. The van der Waals surface area contributed by atoms with Crippen LogP contribution in [0.25, 0.3) is 11.1 Å². The highest BCUT2D eigenvalue weighted by Gasteiger charge is 2.19. The van der Waals surface area contributed by atoms with E-state index in [0.29, 0.717) is 11.4 Å². The van der Waals surface area contributed by atoms with Gasteiger partial charge in [0.15, 0.2) is 0 Å². The largest absolute Gasteiger partial charge is 0.280 e. The minimum Gasteiger partial charge on any atom is -0.280 e. The van der Waals surface area contributed by atoms with Crippen molar-refractivity contribution in [2.75, 3.05) is 9.44 Å². The van der Waals surface area contributed by atoms with Gasteiger partial charge in [0.25, 0.3) is 20.0 Å². The molecule has 5 aromatic carbocycles. The highest BCUT2D eigenvalue weighted by molar-refractivity contribution is 7.93. The molecule has 0 saturated heterocycles. The van der Waals surface area contributed by atoms with Crippen molar-refractivity contribution in [1.29, 1.82) is 0 Å². The van der Waals surface area contributed by atoms with E-state index in [-0.39, 0.29) is 20.6 Å². The molecule has 0 amide bonds. The first kappa shape index (κ1) is 34.5. The van der Waals surface area contributed by atoms with Gasteiger partial charge in [-0.25, -0.2) is 16.8 Å². The lowest BCUT2D eigenvalue weighted by molar-refractivity contribution is 0.587. The molecule has 0 heterocycles. The van der Waals surface area contributed by atoms with Crippen LogP contribution >= 0.6 is 0 Å². The van der Waals surface area contributed by atoms with Gasteiger partial charge < -0.3 is 0 Å². The number of anilines is 2. The van der Waals surface area contributed by atoms with Crippen molar-refractivity contribution in [3.05, 3.63) is 145 Å². The van der Waals surface area contributed by atoms with Gasteiger partial charge >= 0.3 is 0 Å². The highest BCUT2D eigenvalue weighted by Crippen LogP contribution is 2.27. The van der Waals surface area contributed by atoms with Gasteiger partial charge in [-0.05, 0) is 81.6 Å².